The van der Waals surface area contributed by atoms with Crippen molar-refractivity contribution in [3.05, 3.63) is 12.7 Å². The normalized spacial score (nSPS) is 21.3. The Kier molecular flexibility index (Phi) is 3.73. The lowest BCUT2D eigenvalue weighted by atomic mass is 9.96. The van der Waals surface area contributed by atoms with Crippen molar-refractivity contribution in [2.45, 2.75) is 45.2 Å². The smallest absolute Gasteiger partial charge is 0.0283 e. The van der Waals surface area contributed by atoms with E-state index in [1.165, 1.54) is 12.8 Å². The summed E-state index contributed by atoms with van der Waals surface area (Å²) in [5.74, 6) is 0.744. The lowest BCUT2D eigenvalue weighted by Gasteiger charge is -2.34. The van der Waals surface area contributed by atoms with Crippen molar-refractivity contribution in [3.63, 3.8) is 0 Å². The molecule has 82 valence electrons. The summed E-state index contributed by atoms with van der Waals surface area (Å²) >= 11 is 0. The Bertz CT molecular complexity index is 192. The minimum absolute atomic E-state index is 0.00667. The fourth-order valence-electron chi connectivity index (χ4n) is 1.93. The van der Waals surface area contributed by atoms with Crippen molar-refractivity contribution in [1.29, 1.82) is 0 Å². The van der Waals surface area contributed by atoms with Gasteiger partial charge in [-0.1, -0.05) is 6.08 Å². The molecule has 0 aliphatic heterocycles. The molecular formula is C12H24N2. The Morgan fingerprint density at radius 3 is 2.50 bits per heavy atom. The lowest BCUT2D eigenvalue weighted by molar-refractivity contribution is 0.182. The van der Waals surface area contributed by atoms with Crippen LogP contribution in [0, 0.1) is 5.92 Å². The van der Waals surface area contributed by atoms with Gasteiger partial charge in [0.1, 0.15) is 0 Å². The molecular weight excluding hydrogens is 172 g/mol. The first-order valence-corrected chi connectivity index (χ1v) is 5.61. The average Bonchev–Trinajstić information content (AvgIpc) is 2.84. The van der Waals surface area contributed by atoms with E-state index >= 15 is 0 Å². The summed E-state index contributed by atoms with van der Waals surface area (Å²) in [6, 6.07) is 0.551. The zero-order valence-corrected chi connectivity index (χ0v) is 9.79. The van der Waals surface area contributed by atoms with E-state index in [0.717, 1.165) is 19.0 Å². The molecule has 0 aromatic carbocycles. The molecule has 0 heterocycles. The second-order valence-corrected chi connectivity index (χ2v) is 5.09. The first-order valence-electron chi connectivity index (χ1n) is 5.61. The Morgan fingerprint density at radius 1 is 1.57 bits per heavy atom. The maximum atomic E-state index is 6.32. The topological polar surface area (TPSA) is 29.3 Å². The molecule has 1 aliphatic rings. The molecule has 0 bridgehead atoms. The van der Waals surface area contributed by atoms with Gasteiger partial charge in [-0.2, -0.15) is 0 Å². The third-order valence-electron chi connectivity index (χ3n) is 3.15. The maximum Gasteiger partial charge on any atom is 0.0283 e. The van der Waals surface area contributed by atoms with Crippen molar-refractivity contribution in [2.75, 3.05) is 13.1 Å². The molecule has 1 fully saturated rings. The first kappa shape index (κ1) is 11.7. The number of rotatable bonds is 6. The molecule has 1 unspecified atom stereocenters. The van der Waals surface area contributed by atoms with Gasteiger partial charge in [-0.05, 0) is 39.5 Å². The van der Waals surface area contributed by atoms with Crippen LogP contribution in [0.1, 0.15) is 33.6 Å². The van der Waals surface area contributed by atoms with E-state index in [1.54, 1.807) is 0 Å². The quantitative estimate of drug-likeness (QED) is 0.658. The molecule has 0 aromatic heterocycles. The van der Waals surface area contributed by atoms with Crippen molar-refractivity contribution in [3.8, 4) is 0 Å². The second kappa shape index (κ2) is 4.45. The summed E-state index contributed by atoms with van der Waals surface area (Å²) in [5.41, 5.74) is 6.31. The molecule has 0 amide bonds. The second-order valence-electron chi connectivity index (χ2n) is 5.09. The number of hydrogen-bond donors (Lipinski definition) is 1. The highest BCUT2D eigenvalue weighted by Crippen LogP contribution is 2.38. The molecule has 0 saturated heterocycles. The maximum absolute atomic E-state index is 6.32. The van der Waals surface area contributed by atoms with Crippen LogP contribution < -0.4 is 5.73 Å². The van der Waals surface area contributed by atoms with Crippen LogP contribution in [0.25, 0.3) is 0 Å². The van der Waals surface area contributed by atoms with E-state index in [0.29, 0.717) is 6.04 Å². The first-order chi connectivity index (χ1) is 6.47. The number of hydrogen-bond acceptors (Lipinski definition) is 2. The third kappa shape index (κ3) is 3.10. The van der Waals surface area contributed by atoms with E-state index < -0.39 is 0 Å². The number of nitrogens with zero attached hydrogens (tertiary/aromatic N) is 1. The van der Waals surface area contributed by atoms with E-state index in [9.17, 15) is 0 Å². The molecule has 1 aliphatic carbocycles. The Balaban J connectivity index is 2.48. The van der Waals surface area contributed by atoms with Crippen LogP contribution in [-0.2, 0) is 0 Å². The van der Waals surface area contributed by atoms with Gasteiger partial charge < -0.3 is 5.73 Å². The largest absolute Gasteiger partial charge is 0.324 e. The van der Waals surface area contributed by atoms with Crippen molar-refractivity contribution >= 4 is 0 Å². The molecule has 2 heteroatoms. The molecule has 2 N–H and O–H groups in total. The molecule has 0 spiro atoms. The van der Waals surface area contributed by atoms with Gasteiger partial charge >= 0.3 is 0 Å². The van der Waals surface area contributed by atoms with Crippen molar-refractivity contribution in [1.82, 2.24) is 4.90 Å². The lowest BCUT2D eigenvalue weighted by Crippen LogP contribution is -2.51. The van der Waals surface area contributed by atoms with Crippen LogP contribution in [0.5, 0.6) is 0 Å². The van der Waals surface area contributed by atoms with Gasteiger partial charge in [0.15, 0.2) is 0 Å². The highest BCUT2D eigenvalue weighted by Gasteiger charge is 2.39. The van der Waals surface area contributed by atoms with Crippen molar-refractivity contribution < 1.29 is 0 Å². The van der Waals surface area contributed by atoms with Crippen molar-refractivity contribution in [2.24, 2.45) is 11.7 Å². The monoisotopic (exact) mass is 196 g/mol. The van der Waals surface area contributed by atoms with Gasteiger partial charge in [0.25, 0.3) is 0 Å². The van der Waals surface area contributed by atoms with Crippen LogP contribution in [-0.4, -0.2) is 29.6 Å². The minimum Gasteiger partial charge on any atom is -0.324 e. The SMILES string of the molecule is C=CCN(CC(C)(N)C1CC1)C(C)C. The summed E-state index contributed by atoms with van der Waals surface area (Å²) in [5, 5.41) is 0. The molecule has 2 nitrogen and oxygen atoms in total. The third-order valence-corrected chi connectivity index (χ3v) is 3.15. The Labute approximate surface area is 88.2 Å². The molecule has 1 saturated carbocycles. The standard InChI is InChI=1S/C12H24N2/c1-5-8-14(10(2)3)9-12(4,13)11-6-7-11/h5,10-11H,1,6-9,13H2,2-4H3. The molecule has 1 atom stereocenters. The summed E-state index contributed by atoms with van der Waals surface area (Å²) in [6.07, 6.45) is 4.59. The fraction of sp³-hybridized carbons (Fsp3) is 0.833. The van der Waals surface area contributed by atoms with E-state index in [1.807, 2.05) is 6.08 Å². The highest BCUT2D eigenvalue weighted by molar-refractivity contribution is 4.98. The Hall–Kier alpha value is -0.340. The van der Waals surface area contributed by atoms with Gasteiger partial charge in [-0.3, -0.25) is 4.90 Å². The summed E-state index contributed by atoms with van der Waals surface area (Å²) < 4.78 is 0. The number of nitrogens with two attached hydrogens (primary N) is 1. The zero-order chi connectivity index (χ0) is 10.8. The van der Waals surface area contributed by atoms with Gasteiger partial charge in [0, 0.05) is 24.7 Å². The average molecular weight is 196 g/mol. The van der Waals surface area contributed by atoms with Gasteiger partial charge in [0.05, 0.1) is 0 Å². The van der Waals surface area contributed by atoms with Gasteiger partial charge in [-0.25, -0.2) is 0 Å². The Morgan fingerprint density at radius 2 is 2.14 bits per heavy atom. The van der Waals surface area contributed by atoms with Crippen LogP contribution in [0.2, 0.25) is 0 Å². The van der Waals surface area contributed by atoms with Crippen LogP contribution >= 0.6 is 0 Å². The van der Waals surface area contributed by atoms with Crippen LogP contribution in [0.15, 0.2) is 12.7 Å². The predicted molar refractivity (Wildman–Crippen MR) is 62.2 cm³/mol. The van der Waals surface area contributed by atoms with E-state index in [-0.39, 0.29) is 5.54 Å². The zero-order valence-electron chi connectivity index (χ0n) is 9.79. The molecule has 0 radical (unpaired) electrons. The van der Waals surface area contributed by atoms with E-state index in [4.69, 9.17) is 5.73 Å². The van der Waals surface area contributed by atoms with Crippen LogP contribution in [0.3, 0.4) is 0 Å². The fourth-order valence-corrected chi connectivity index (χ4v) is 1.93. The highest BCUT2D eigenvalue weighted by atomic mass is 15.2. The van der Waals surface area contributed by atoms with Gasteiger partial charge in [0.2, 0.25) is 0 Å². The van der Waals surface area contributed by atoms with Gasteiger partial charge in [-0.15, -0.1) is 6.58 Å². The summed E-state index contributed by atoms with van der Waals surface area (Å²) in [6.45, 7) is 12.3. The molecule has 0 aromatic rings. The summed E-state index contributed by atoms with van der Waals surface area (Å²) in [4.78, 5) is 2.39. The van der Waals surface area contributed by atoms with Crippen LogP contribution in [0.4, 0.5) is 0 Å². The molecule has 14 heavy (non-hydrogen) atoms. The molecule has 1 rings (SSSR count). The van der Waals surface area contributed by atoms with E-state index in [2.05, 4.69) is 32.3 Å². The minimum atomic E-state index is -0.00667. The predicted octanol–water partition coefficient (Wildman–Crippen LogP) is 2.01. The summed E-state index contributed by atoms with van der Waals surface area (Å²) in [7, 11) is 0.